The van der Waals surface area contributed by atoms with Crippen molar-refractivity contribution in [1.29, 1.82) is 0 Å². The van der Waals surface area contributed by atoms with Gasteiger partial charge in [-0.05, 0) is 6.42 Å². The van der Waals surface area contributed by atoms with E-state index in [1.54, 1.807) is 6.08 Å². The fraction of sp³-hybridized carbons (Fsp3) is 0.500. The van der Waals surface area contributed by atoms with Gasteiger partial charge in [-0.25, -0.2) is 0 Å². The molecule has 0 bridgehead atoms. The summed E-state index contributed by atoms with van der Waals surface area (Å²) in [5.41, 5.74) is 0. The van der Waals surface area contributed by atoms with E-state index >= 15 is 0 Å². The Morgan fingerprint density at radius 2 is 2.27 bits per heavy atom. The van der Waals surface area contributed by atoms with Crippen molar-refractivity contribution in [2.75, 3.05) is 0 Å². The van der Waals surface area contributed by atoms with Gasteiger partial charge in [-0.1, -0.05) is 38.2 Å². The Balaban J connectivity index is 3.36. The zero-order valence-electron chi connectivity index (χ0n) is 7.18. The maximum Gasteiger partial charge on any atom is 0.136 e. The maximum atomic E-state index is 11.0. The van der Waals surface area contributed by atoms with Crippen LogP contribution < -0.4 is 0 Å². The van der Waals surface area contributed by atoms with E-state index < -0.39 is 0 Å². The molecule has 1 heteroatoms. The summed E-state index contributed by atoms with van der Waals surface area (Å²) in [6, 6.07) is 0. The van der Waals surface area contributed by atoms with Crippen molar-refractivity contribution >= 4 is 5.78 Å². The van der Waals surface area contributed by atoms with E-state index in [0.717, 1.165) is 19.3 Å². The second kappa shape index (κ2) is 7.26. The average Bonchev–Trinajstić information content (AvgIpc) is 2.01. The Morgan fingerprint density at radius 3 is 2.82 bits per heavy atom. The summed E-state index contributed by atoms with van der Waals surface area (Å²) in [4.78, 5) is 11.0. The van der Waals surface area contributed by atoms with Gasteiger partial charge >= 0.3 is 0 Å². The summed E-state index contributed by atoms with van der Waals surface area (Å²) in [5.74, 6) is 0.324. The molecule has 62 valence electrons. The van der Waals surface area contributed by atoms with Crippen molar-refractivity contribution in [3.8, 4) is 0 Å². The van der Waals surface area contributed by atoms with E-state index in [2.05, 4.69) is 13.5 Å². The van der Waals surface area contributed by atoms with Crippen molar-refractivity contribution in [2.24, 2.45) is 0 Å². The lowest BCUT2D eigenvalue weighted by atomic mass is 10.1. The maximum absolute atomic E-state index is 11.0. The Bertz CT molecular complexity index is 145. The molecular weight excluding hydrogens is 136 g/mol. The molecule has 0 heterocycles. The van der Waals surface area contributed by atoms with Crippen LogP contribution in [0, 0.1) is 0 Å². The molecule has 0 atom stereocenters. The monoisotopic (exact) mass is 152 g/mol. The first-order chi connectivity index (χ1) is 5.31. The van der Waals surface area contributed by atoms with Gasteiger partial charge in [-0.15, -0.1) is 0 Å². The number of hydrogen-bond acceptors (Lipinski definition) is 1. The highest BCUT2D eigenvalue weighted by atomic mass is 16.1. The van der Waals surface area contributed by atoms with Crippen molar-refractivity contribution < 1.29 is 4.79 Å². The van der Waals surface area contributed by atoms with Crippen LogP contribution in [0.5, 0.6) is 0 Å². The average molecular weight is 152 g/mol. The van der Waals surface area contributed by atoms with E-state index in [4.69, 9.17) is 0 Å². The standard InChI is InChI=1S/C10H16O/c1-3-5-7-9-10(11)8-6-4-2/h3,5,7H,1,4,6,8-9H2,2H3/b7-5-. The molecule has 0 N–H and O–H groups in total. The molecule has 0 aromatic heterocycles. The molecule has 0 rings (SSSR count). The molecular formula is C10H16O. The normalized spacial score (nSPS) is 10.3. The van der Waals surface area contributed by atoms with Gasteiger partial charge in [0.2, 0.25) is 0 Å². The van der Waals surface area contributed by atoms with Gasteiger partial charge in [0.15, 0.2) is 0 Å². The fourth-order valence-corrected chi connectivity index (χ4v) is 0.772. The molecule has 0 unspecified atom stereocenters. The topological polar surface area (TPSA) is 17.1 Å². The fourth-order valence-electron chi connectivity index (χ4n) is 0.772. The first-order valence-electron chi connectivity index (χ1n) is 4.10. The number of carbonyl (C=O) groups is 1. The molecule has 0 radical (unpaired) electrons. The van der Waals surface area contributed by atoms with Crippen molar-refractivity contribution in [3.05, 3.63) is 24.8 Å². The first kappa shape index (κ1) is 10.2. The minimum Gasteiger partial charge on any atom is -0.299 e. The lowest BCUT2D eigenvalue weighted by Gasteiger charge is -1.92. The molecule has 0 aromatic carbocycles. The molecule has 0 spiro atoms. The van der Waals surface area contributed by atoms with E-state index in [0.29, 0.717) is 12.2 Å². The third kappa shape index (κ3) is 7.04. The minimum absolute atomic E-state index is 0.324. The lowest BCUT2D eigenvalue weighted by molar-refractivity contribution is -0.118. The van der Waals surface area contributed by atoms with Crippen LogP contribution in [0.2, 0.25) is 0 Å². The predicted molar refractivity (Wildman–Crippen MR) is 48.5 cm³/mol. The van der Waals surface area contributed by atoms with Gasteiger partial charge in [0, 0.05) is 12.8 Å². The molecule has 0 amide bonds. The third-order valence-electron chi connectivity index (χ3n) is 1.43. The van der Waals surface area contributed by atoms with Gasteiger partial charge < -0.3 is 0 Å². The van der Waals surface area contributed by atoms with Crippen molar-refractivity contribution in [3.63, 3.8) is 0 Å². The second-order valence-corrected chi connectivity index (χ2v) is 2.51. The Morgan fingerprint density at radius 1 is 1.55 bits per heavy atom. The molecule has 0 aliphatic heterocycles. The molecule has 1 nitrogen and oxygen atoms in total. The van der Waals surface area contributed by atoms with Crippen LogP contribution in [0.15, 0.2) is 24.8 Å². The summed E-state index contributed by atoms with van der Waals surface area (Å²) in [7, 11) is 0. The SMILES string of the molecule is C=C/C=C\CC(=O)CCCC. The summed E-state index contributed by atoms with van der Waals surface area (Å²) in [6.45, 7) is 5.61. The highest BCUT2D eigenvalue weighted by molar-refractivity contribution is 5.79. The Kier molecular flexibility index (Phi) is 6.70. The summed E-state index contributed by atoms with van der Waals surface area (Å²) < 4.78 is 0. The Hall–Kier alpha value is -0.850. The molecule has 0 aliphatic rings. The zero-order chi connectivity index (χ0) is 8.53. The van der Waals surface area contributed by atoms with Crippen LogP contribution in [0.25, 0.3) is 0 Å². The second-order valence-electron chi connectivity index (χ2n) is 2.51. The number of hydrogen-bond donors (Lipinski definition) is 0. The largest absolute Gasteiger partial charge is 0.299 e. The summed E-state index contributed by atoms with van der Waals surface area (Å²) in [5, 5.41) is 0. The number of Topliss-reactive ketones (excluding diaryl/α,β-unsaturated/α-hetero) is 1. The lowest BCUT2D eigenvalue weighted by Crippen LogP contribution is -1.94. The number of carbonyl (C=O) groups excluding carboxylic acids is 1. The van der Waals surface area contributed by atoms with E-state index in [1.807, 2.05) is 12.2 Å². The molecule has 11 heavy (non-hydrogen) atoms. The molecule has 0 saturated heterocycles. The number of rotatable bonds is 6. The number of unbranched alkanes of at least 4 members (excludes halogenated alkanes) is 1. The minimum atomic E-state index is 0.324. The third-order valence-corrected chi connectivity index (χ3v) is 1.43. The van der Waals surface area contributed by atoms with Crippen LogP contribution >= 0.6 is 0 Å². The van der Waals surface area contributed by atoms with E-state index in [1.165, 1.54) is 0 Å². The highest BCUT2D eigenvalue weighted by Crippen LogP contribution is 1.98. The Labute approximate surface area is 68.8 Å². The van der Waals surface area contributed by atoms with Gasteiger partial charge in [-0.2, -0.15) is 0 Å². The zero-order valence-corrected chi connectivity index (χ0v) is 7.18. The predicted octanol–water partition coefficient (Wildman–Crippen LogP) is 2.88. The van der Waals surface area contributed by atoms with Gasteiger partial charge in [0.05, 0.1) is 0 Å². The van der Waals surface area contributed by atoms with Crippen LogP contribution in [0.1, 0.15) is 32.6 Å². The van der Waals surface area contributed by atoms with Crippen LogP contribution in [-0.4, -0.2) is 5.78 Å². The summed E-state index contributed by atoms with van der Waals surface area (Å²) in [6.07, 6.45) is 8.74. The molecule has 0 saturated carbocycles. The van der Waals surface area contributed by atoms with Gasteiger partial charge in [-0.3, -0.25) is 4.79 Å². The number of allylic oxidation sites excluding steroid dienone is 3. The number of ketones is 1. The van der Waals surface area contributed by atoms with Crippen molar-refractivity contribution in [1.82, 2.24) is 0 Å². The smallest absolute Gasteiger partial charge is 0.136 e. The van der Waals surface area contributed by atoms with Crippen LogP contribution in [0.4, 0.5) is 0 Å². The molecule has 0 aromatic rings. The van der Waals surface area contributed by atoms with E-state index in [-0.39, 0.29) is 0 Å². The van der Waals surface area contributed by atoms with Crippen LogP contribution in [-0.2, 0) is 4.79 Å². The quantitative estimate of drug-likeness (QED) is 0.535. The summed E-state index contributed by atoms with van der Waals surface area (Å²) >= 11 is 0. The first-order valence-corrected chi connectivity index (χ1v) is 4.10. The molecule has 0 aliphatic carbocycles. The van der Waals surface area contributed by atoms with Crippen LogP contribution in [0.3, 0.4) is 0 Å². The van der Waals surface area contributed by atoms with Gasteiger partial charge in [0.1, 0.15) is 5.78 Å². The van der Waals surface area contributed by atoms with Crippen molar-refractivity contribution in [2.45, 2.75) is 32.6 Å². The van der Waals surface area contributed by atoms with Gasteiger partial charge in [0.25, 0.3) is 0 Å². The molecule has 0 fully saturated rings. The van der Waals surface area contributed by atoms with E-state index in [9.17, 15) is 4.79 Å². The highest BCUT2D eigenvalue weighted by Gasteiger charge is 1.95.